The van der Waals surface area contributed by atoms with Crippen LogP contribution in [-0.2, 0) is 4.79 Å². The predicted molar refractivity (Wildman–Crippen MR) is 126 cm³/mol. The third kappa shape index (κ3) is 4.27. The van der Waals surface area contributed by atoms with Crippen molar-refractivity contribution in [3.63, 3.8) is 0 Å². The zero-order valence-electron chi connectivity index (χ0n) is 17.9. The van der Waals surface area contributed by atoms with Crippen molar-refractivity contribution >= 4 is 40.2 Å². The lowest BCUT2D eigenvalue weighted by Gasteiger charge is -2.32. The molecular weight excluding hydrogens is 424 g/mol. The number of imidazole rings is 1. The van der Waals surface area contributed by atoms with Gasteiger partial charge in [0, 0.05) is 19.0 Å². The number of benzene rings is 1. The monoisotopic (exact) mass is 450 g/mol. The second-order valence-corrected chi connectivity index (χ2v) is 9.05. The molecule has 10 heteroatoms. The number of H-pyrrole nitrogens is 1. The number of amides is 1. The number of nitrogens with zero attached hydrogens (tertiary/aromatic N) is 6. The minimum atomic E-state index is -0.113. The molecule has 4 aromatic rings. The predicted octanol–water partition coefficient (Wildman–Crippen LogP) is 2.83. The van der Waals surface area contributed by atoms with Crippen LogP contribution in [0.15, 0.2) is 42.7 Å². The first-order valence-corrected chi connectivity index (χ1v) is 12.3. The largest absolute Gasteiger partial charge is 0.355 e. The molecule has 4 heterocycles. The molecule has 0 spiro atoms. The van der Waals surface area contributed by atoms with Crippen molar-refractivity contribution in [2.45, 2.75) is 25.3 Å². The highest BCUT2D eigenvalue weighted by atomic mass is 32.2. The SMILES string of the molecule is CSCC[C@H](NC(=O)C1CCN(c2ccc3nncn3n2)CC1)c1nc2ccccc2[nH]1. The van der Waals surface area contributed by atoms with E-state index in [4.69, 9.17) is 4.98 Å². The standard InChI is InChI=1S/C22H26N8OS/c1-32-13-10-18(21-24-16-4-2-3-5-17(16)25-21)26-22(31)15-8-11-29(12-9-15)20-7-6-19-27-23-14-30(19)28-20/h2-7,14-15,18H,8-13H2,1H3,(H,24,25)(H,26,31)/t18-/m0/s1. The van der Waals surface area contributed by atoms with E-state index in [0.717, 1.165) is 66.4 Å². The molecule has 1 amide bonds. The Hall–Kier alpha value is -3.14. The van der Waals surface area contributed by atoms with Crippen LogP contribution < -0.4 is 10.2 Å². The summed E-state index contributed by atoms with van der Waals surface area (Å²) < 4.78 is 1.68. The van der Waals surface area contributed by atoms with Gasteiger partial charge in [-0.05, 0) is 55.5 Å². The van der Waals surface area contributed by atoms with E-state index in [0.29, 0.717) is 0 Å². The topological polar surface area (TPSA) is 104 Å². The number of aromatic nitrogens is 6. The van der Waals surface area contributed by atoms with Crippen molar-refractivity contribution < 1.29 is 4.79 Å². The number of aromatic amines is 1. The fraction of sp³-hybridized carbons (Fsp3) is 0.409. The number of anilines is 1. The highest BCUT2D eigenvalue weighted by Gasteiger charge is 2.28. The van der Waals surface area contributed by atoms with E-state index in [-0.39, 0.29) is 17.9 Å². The molecule has 0 aliphatic carbocycles. The van der Waals surface area contributed by atoms with Gasteiger partial charge in [0.2, 0.25) is 5.91 Å². The molecule has 166 valence electrons. The van der Waals surface area contributed by atoms with Crippen LogP contribution in [0.3, 0.4) is 0 Å². The Morgan fingerprint density at radius 3 is 2.91 bits per heavy atom. The Kier molecular flexibility index (Phi) is 5.93. The van der Waals surface area contributed by atoms with Crippen LogP contribution in [0, 0.1) is 5.92 Å². The molecule has 1 aliphatic rings. The van der Waals surface area contributed by atoms with Gasteiger partial charge < -0.3 is 15.2 Å². The number of thioether (sulfide) groups is 1. The van der Waals surface area contributed by atoms with E-state index in [1.54, 1.807) is 22.6 Å². The molecule has 0 unspecified atom stereocenters. The van der Waals surface area contributed by atoms with Gasteiger partial charge in [-0.15, -0.1) is 15.3 Å². The van der Waals surface area contributed by atoms with Gasteiger partial charge in [-0.25, -0.2) is 4.98 Å². The van der Waals surface area contributed by atoms with Crippen LogP contribution in [-0.4, -0.2) is 60.8 Å². The molecule has 1 fully saturated rings. The summed E-state index contributed by atoms with van der Waals surface area (Å²) in [6, 6.07) is 11.7. The van der Waals surface area contributed by atoms with Crippen LogP contribution in [0.1, 0.15) is 31.1 Å². The van der Waals surface area contributed by atoms with Crippen molar-refractivity contribution in [3.8, 4) is 0 Å². The first-order valence-electron chi connectivity index (χ1n) is 10.9. The molecule has 5 rings (SSSR count). The summed E-state index contributed by atoms with van der Waals surface area (Å²) in [7, 11) is 0. The molecule has 1 atom stereocenters. The first-order chi connectivity index (χ1) is 15.7. The van der Waals surface area contributed by atoms with Gasteiger partial charge in [0.15, 0.2) is 5.65 Å². The molecule has 2 N–H and O–H groups in total. The number of carbonyl (C=O) groups excluding carboxylic acids is 1. The van der Waals surface area contributed by atoms with E-state index in [1.807, 2.05) is 36.4 Å². The number of carbonyl (C=O) groups is 1. The van der Waals surface area contributed by atoms with Crippen molar-refractivity contribution in [2.24, 2.45) is 5.92 Å². The average molecular weight is 451 g/mol. The Bertz CT molecular complexity index is 1180. The highest BCUT2D eigenvalue weighted by Crippen LogP contribution is 2.25. The third-order valence-corrected chi connectivity index (χ3v) is 6.65. The van der Waals surface area contributed by atoms with Gasteiger partial charge in [-0.3, -0.25) is 4.79 Å². The Labute approximate surface area is 190 Å². The number of nitrogens with one attached hydrogen (secondary N) is 2. The zero-order chi connectivity index (χ0) is 21.9. The minimum absolute atomic E-state index is 0.00829. The fourth-order valence-electron chi connectivity index (χ4n) is 4.20. The molecule has 32 heavy (non-hydrogen) atoms. The molecular formula is C22H26N8OS. The molecule has 0 radical (unpaired) electrons. The molecule has 0 bridgehead atoms. The number of fused-ring (bicyclic) bond motifs is 2. The van der Waals surface area contributed by atoms with Crippen molar-refractivity contribution in [3.05, 3.63) is 48.5 Å². The van der Waals surface area contributed by atoms with E-state index in [1.165, 1.54) is 0 Å². The zero-order valence-corrected chi connectivity index (χ0v) is 18.8. The molecule has 3 aromatic heterocycles. The smallest absolute Gasteiger partial charge is 0.223 e. The van der Waals surface area contributed by atoms with Crippen LogP contribution in [0.25, 0.3) is 16.7 Å². The summed E-state index contributed by atoms with van der Waals surface area (Å²) in [6.07, 6.45) is 6.12. The Balaban J connectivity index is 1.23. The van der Waals surface area contributed by atoms with Crippen molar-refractivity contribution in [1.29, 1.82) is 0 Å². The minimum Gasteiger partial charge on any atom is -0.355 e. The van der Waals surface area contributed by atoms with Gasteiger partial charge in [-0.1, -0.05) is 12.1 Å². The van der Waals surface area contributed by atoms with E-state index < -0.39 is 0 Å². The summed E-state index contributed by atoms with van der Waals surface area (Å²) in [5, 5.41) is 15.7. The normalized spacial score (nSPS) is 16.0. The lowest BCUT2D eigenvalue weighted by atomic mass is 9.95. The fourth-order valence-corrected chi connectivity index (χ4v) is 4.67. The van der Waals surface area contributed by atoms with E-state index >= 15 is 0 Å². The van der Waals surface area contributed by atoms with E-state index in [9.17, 15) is 4.79 Å². The van der Waals surface area contributed by atoms with Crippen LogP contribution in [0.2, 0.25) is 0 Å². The van der Waals surface area contributed by atoms with Crippen molar-refractivity contribution in [2.75, 3.05) is 30.0 Å². The molecule has 1 saturated heterocycles. The lowest BCUT2D eigenvalue weighted by molar-refractivity contribution is -0.126. The van der Waals surface area contributed by atoms with Crippen molar-refractivity contribution in [1.82, 2.24) is 35.1 Å². The first kappa shape index (κ1) is 20.7. The van der Waals surface area contributed by atoms with Gasteiger partial charge in [0.1, 0.15) is 18.0 Å². The van der Waals surface area contributed by atoms with E-state index in [2.05, 4.69) is 36.8 Å². The van der Waals surface area contributed by atoms with Crippen LogP contribution in [0.5, 0.6) is 0 Å². The summed E-state index contributed by atoms with van der Waals surface area (Å²) in [5.74, 6) is 2.77. The highest BCUT2D eigenvalue weighted by molar-refractivity contribution is 7.98. The number of piperidine rings is 1. The molecule has 0 saturated carbocycles. The summed E-state index contributed by atoms with van der Waals surface area (Å²) in [6.45, 7) is 1.58. The maximum absolute atomic E-state index is 13.1. The number of hydrogen-bond donors (Lipinski definition) is 2. The number of para-hydroxylation sites is 2. The second kappa shape index (κ2) is 9.15. The average Bonchev–Trinajstić information content (AvgIpc) is 3.48. The molecule has 1 aliphatic heterocycles. The number of rotatable bonds is 7. The maximum Gasteiger partial charge on any atom is 0.223 e. The third-order valence-electron chi connectivity index (χ3n) is 6.00. The van der Waals surface area contributed by atoms with Crippen LogP contribution in [0.4, 0.5) is 5.82 Å². The van der Waals surface area contributed by atoms with Gasteiger partial charge >= 0.3 is 0 Å². The summed E-state index contributed by atoms with van der Waals surface area (Å²) in [4.78, 5) is 23.5. The number of hydrogen-bond acceptors (Lipinski definition) is 7. The van der Waals surface area contributed by atoms with Gasteiger partial charge in [0.05, 0.1) is 17.1 Å². The Morgan fingerprint density at radius 1 is 1.25 bits per heavy atom. The lowest BCUT2D eigenvalue weighted by Crippen LogP contribution is -2.42. The summed E-state index contributed by atoms with van der Waals surface area (Å²) >= 11 is 1.78. The quantitative estimate of drug-likeness (QED) is 0.446. The molecule has 9 nitrogen and oxygen atoms in total. The maximum atomic E-state index is 13.1. The molecule has 1 aromatic carbocycles. The van der Waals surface area contributed by atoms with Crippen LogP contribution >= 0.6 is 11.8 Å². The summed E-state index contributed by atoms with van der Waals surface area (Å²) in [5.41, 5.74) is 2.65. The van der Waals surface area contributed by atoms with Gasteiger partial charge in [0.25, 0.3) is 0 Å². The van der Waals surface area contributed by atoms with Gasteiger partial charge in [-0.2, -0.15) is 16.3 Å². The Morgan fingerprint density at radius 2 is 2.09 bits per heavy atom. The second-order valence-electron chi connectivity index (χ2n) is 8.07.